The molecule has 0 aromatic heterocycles. The maximum Gasteiger partial charge on any atom is 0.419 e. The van der Waals surface area contributed by atoms with Crippen molar-refractivity contribution in [2.45, 2.75) is 12.6 Å². The van der Waals surface area contributed by atoms with Crippen molar-refractivity contribution in [1.82, 2.24) is 0 Å². The third kappa shape index (κ3) is 2.12. The standard InChI is InChI=1S/C10H4F4N2/c11-9-7(3-4-15)6(5-16)1-2-8(9)10(12,13)14/h1-2H,3H2. The number of alkyl halides is 3. The van der Waals surface area contributed by atoms with Crippen molar-refractivity contribution >= 4 is 0 Å². The molecule has 0 saturated carbocycles. The Labute approximate surface area is 88.3 Å². The molecule has 0 N–H and O–H groups in total. The summed E-state index contributed by atoms with van der Waals surface area (Å²) in [4.78, 5) is 0. The Bertz CT molecular complexity index is 491. The van der Waals surface area contributed by atoms with Crippen LogP contribution in [0.1, 0.15) is 16.7 Å². The van der Waals surface area contributed by atoms with E-state index >= 15 is 0 Å². The van der Waals surface area contributed by atoms with Gasteiger partial charge in [-0.15, -0.1) is 0 Å². The molecule has 0 aliphatic rings. The van der Waals surface area contributed by atoms with Crippen molar-refractivity contribution < 1.29 is 17.6 Å². The Kier molecular flexibility index (Phi) is 3.14. The van der Waals surface area contributed by atoms with Gasteiger partial charge in [0.15, 0.2) is 0 Å². The van der Waals surface area contributed by atoms with Gasteiger partial charge in [-0.2, -0.15) is 23.7 Å². The van der Waals surface area contributed by atoms with E-state index in [0.717, 1.165) is 6.07 Å². The van der Waals surface area contributed by atoms with Gasteiger partial charge in [0, 0.05) is 5.56 Å². The van der Waals surface area contributed by atoms with E-state index in [9.17, 15) is 17.6 Å². The molecule has 0 bridgehead atoms. The van der Waals surface area contributed by atoms with Gasteiger partial charge >= 0.3 is 6.18 Å². The average Bonchev–Trinajstić information content (AvgIpc) is 2.19. The van der Waals surface area contributed by atoms with E-state index in [1.807, 2.05) is 0 Å². The van der Waals surface area contributed by atoms with Gasteiger partial charge in [-0.3, -0.25) is 0 Å². The molecule has 0 atom stereocenters. The summed E-state index contributed by atoms with van der Waals surface area (Å²) in [5, 5.41) is 16.9. The fourth-order valence-corrected chi connectivity index (χ4v) is 1.20. The fraction of sp³-hybridized carbons (Fsp3) is 0.200. The lowest BCUT2D eigenvalue weighted by atomic mass is 10.0. The summed E-state index contributed by atoms with van der Waals surface area (Å²) in [7, 11) is 0. The van der Waals surface area contributed by atoms with Crippen LogP contribution in [0.2, 0.25) is 0 Å². The van der Waals surface area contributed by atoms with Gasteiger partial charge in [0.1, 0.15) is 5.82 Å². The second-order valence-electron chi connectivity index (χ2n) is 2.90. The minimum absolute atomic E-state index is 0.257. The van der Waals surface area contributed by atoms with Gasteiger partial charge in [0.2, 0.25) is 0 Å². The van der Waals surface area contributed by atoms with E-state index in [4.69, 9.17) is 10.5 Å². The van der Waals surface area contributed by atoms with Crippen molar-refractivity contribution in [1.29, 1.82) is 10.5 Å². The van der Waals surface area contributed by atoms with Gasteiger partial charge in [0.25, 0.3) is 0 Å². The normalized spacial score (nSPS) is 10.6. The third-order valence-corrected chi connectivity index (χ3v) is 1.92. The molecule has 0 radical (unpaired) electrons. The number of hydrogen-bond donors (Lipinski definition) is 0. The lowest BCUT2D eigenvalue weighted by Crippen LogP contribution is -2.11. The molecule has 6 heteroatoms. The topological polar surface area (TPSA) is 47.6 Å². The first-order valence-electron chi connectivity index (χ1n) is 4.07. The van der Waals surface area contributed by atoms with E-state index < -0.39 is 29.5 Å². The Morgan fingerprint density at radius 3 is 2.25 bits per heavy atom. The zero-order chi connectivity index (χ0) is 12.3. The first-order valence-corrected chi connectivity index (χ1v) is 4.07. The lowest BCUT2D eigenvalue weighted by Gasteiger charge is -2.10. The monoisotopic (exact) mass is 228 g/mol. The molecule has 0 unspecified atom stereocenters. The summed E-state index contributed by atoms with van der Waals surface area (Å²) in [6, 6.07) is 4.42. The summed E-state index contributed by atoms with van der Waals surface area (Å²) in [5.74, 6) is -1.55. The number of nitriles is 2. The molecule has 82 valence electrons. The Morgan fingerprint density at radius 2 is 1.81 bits per heavy atom. The van der Waals surface area contributed by atoms with Crippen LogP contribution in [-0.4, -0.2) is 0 Å². The first-order chi connectivity index (χ1) is 7.41. The maximum absolute atomic E-state index is 13.4. The van der Waals surface area contributed by atoms with Crippen molar-refractivity contribution in [2.75, 3.05) is 0 Å². The molecule has 0 spiro atoms. The molecule has 2 nitrogen and oxygen atoms in total. The molecule has 0 aliphatic carbocycles. The van der Waals surface area contributed by atoms with Crippen molar-refractivity contribution in [3.8, 4) is 12.1 Å². The Morgan fingerprint density at radius 1 is 1.19 bits per heavy atom. The highest BCUT2D eigenvalue weighted by atomic mass is 19.4. The van der Waals surface area contributed by atoms with Gasteiger partial charge < -0.3 is 0 Å². The van der Waals surface area contributed by atoms with E-state index in [1.54, 1.807) is 6.07 Å². The number of nitrogens with zero attached hydrogens (tertiary/aromatic N) is 2. The lowest BCUT2D eigenvalue weighted by molar-refractivity contribution is -0.140. The van der Waals surface area contributed by atoms with Gasteiger partial charge in [0.05, 0.1) is 29.7 Å². The molecule has 0 fully saturated rings. The molecular formula is C10H4F4N2. The maximum atomic E-state index is 13.4. The summed E-state index contributed by atoms with van der Waals surface area (Å²) >= 11 is 0. The largest absolute Gasteiger partial charge is 0.419 e. The van der Waals surface area contributed by atoms with Crippen LogP contribution < -0.4 is 0 Å². The molecule has 0 saturated heterocycles. The quantitative estimate of drug-likeness (QED) is 0.694. The predicted molar refractivity (Wildman–Crippen MR) is 45.4 cm³/mol. The van der Waals surface area contributed by atoms with Gasteiger partial charge in [-0.05, 0) is 12.1 Å². The van der Waals surface area contributed by atoms with E-state index in [-0.39, 0.29) is 5.56 Å². The number of benzene rings is 1. The predicted octanol–water partition coefficient (Wildman–Crippen LogP) is 2.78. The zero-order valence-electron chi connectivity index (χ0n) is 7.77. The van der Waals surface area contributed by atoms with Crippen LogP contribution >= 0.6 is 0 Å². The summed E-state index contributed by atoms with van der Waals surface area (Å²) in [6.07, 6.45) is -5.40. The molecule has 1 rings (SSSR count). The number of rotatable bonds is 1. The minimum Gasteiger partial charge on any atom is -0.206 e. The molecule has 1 aromatic carbocycles. The van der Waals surface area contributed by atoms with Crippen LogP contribution in [0.15, 0.2) is 12.1 Å². The van der Waals surface area contributed by atoms with Crippen LogP contribution in [0.4, 0.5) is 17.6 Å². The van der Waals surface area contributed by atoms with Crippen LogP contribution in [-0.2, 0) is 12.6 Å². The minimum atomic E-state index is -4.83. The van der Waals surface area contributed by atoms with Gasteiger partial charge in [-0.1, -0.05) is 0 Å². The van der Waals surface area contributed by atoms with Crippen LogP contribution in [0.5, 0.6) is 0 Å². The summed E-state index contributed by atoms with van der Waals surface area (Å²) in [6.45, 7) is 0. The molecule has 0 aliphatic heterocycles. The fourth-order valence-electron chi connectivity index (χ4n) is 1.20. The van der Waals surface area contributed by atoms with E-state index in [2.05, 4.69) is 0 Å². The second kappa shape index (κ2) is 4.19. The first kappa shape index (κ1) is 12.0. The highest BCUT2D eigenvalue weighted by Gasteiger charge is 2.35. The SMILES string of the molecule is N#CCc1c(C#N)ccc(C(F)(F)F)c1F. The van der Waals surface area contributed by atoms with E-state index in [0.29, 0.717) is 6.07 Å². The van der Waals surface area contributed by atoms with Crippen LogP contribution in [0.25, 0.3) is 0 Å². The molecule has 0 heterocycles. The Hall–Kier alpha value is -2.08. The van der Waals surface area contributed by atoms with Crippen molar-refractivity contribution in [2.24, 2.45) is 0 Å². The summed E-state index contributed by atoms with van der Waals surface area (Å²) < 4.78 is 50.3. The molecular weight excluding hydrogens is 224 g/mol. The average molecular weight is 228 g/mol. The van der Waals surface area contributed by atoms with Crippen LogP contribution in [0.3, 0.4) is 0 Å². The summed E-state index contributed by atoms with van der Waals surface area (Å²) in [5.41, 5.74) is -2.23. The Balaban J connectivity index is 3.46. The number of halogens is 4. The second-order valence-corrected chi connectivity index (χ2v) is 2.90. The molecule has 16 heavy (non-hydrogen) atoms. The molecule has 1 aromatic rings. The highest BCUT2D eigenvalue weighted by molar-refractivity contribution is 5.43. The van der Waals surface area contributed by atoms with Crippen molar-refractivity contribution in [3.63, 3.8) is 0 Å². The molecule has 0 amide bonds. The van der Waals surface area contributed by atoms with Gasteiger partial charge in [-0.25, -0.2) is 4.39 Å². The third-order valence-electron chi connectivity index (χ3n) is 1.92. The zero-order valence-corrected chi connectivity index (χ0v) is 7.77. The number of hydrogen-bond acceptors (Lipinski definition) is 2. The highest BCUT2D eigenvalue weighted by Crippen LogP contribution is 2.33. The van der Waals surface area contributed by atoms with Crippen LogP contribution in [0, 0.1) is 28.5 Å². The van der Waals surface area contributed by atoms with E-state index in [1.165, 1.54) is 6.07 Å². The smallest absolute Gasteiger partial charge is 0.206 e. The van der Waals surface area contributed by atoms with Crippen molar-refractivity contribution in [3.05, 3.63) is 34.6 Å².